The third-order valence-corrected chi connectivity index (χ3v) is 3.12. The van der Waals surface area contributed by atoms with Gasteiger partial charge in [-0.2, -0.15) is 10.4 Å². The number of hydrogen-bond donors (Lipinski definition) is 0. The number of hydrogen-bond acceptors (Lipinski definition) is 2. The van der Waals surface area contributed by atoms with Crippen molar-refractivity contribution in [1.29, 1.82) is 5.26 Å². The number of nitriles is 1. The van der Waals surface area contributed by atoms with Crippen LogP contribution in [-0.4, -0.2) is 9.78 Å². The molecular weight excluding hydrogens is 210 g/mol. The minimum atomic E-state index is 0.646. The van der Waals surface area contributed by atoms with Crippen molar-refractivity contribution in [3.05, 3.63) is 47.3 Å². The first-order valence-corrected chi connectivity index (χ1v) is 5.84. The summed E-state index contributed by atoms with van der Waals surface area (Å²) in [6.45, 7) is 1.99. The molecule has 0 atom stereocenters. The van der Waals surface area contributed by atoms with E-state index in [1.54, 1.807) is 0 Å². The van der Waals surface area contributed by atoms with Crippen LogP contribution in [0.1, 0.15) is 35.6 Å². The molecule has 1 aliphatic rings. The summed E-state index contributed by atoms with van der Waals surface area (Å²) < 4.78 is 1.81. The molecule has 1 aromatic carbocycles. The zero-order valence-corrected chi connectivity index (χ0v) is 9.72. The van der Waals surface area contributed by atoms with Crippen molar-refractivity contribution in [2.45, 2.75) is 25.7 Å². The summed E-state index contributed by atoms with van der Waals surface area (Å²) in [5, 5.41) is 13.7. The van der Waals surface area contributed by atoms with Crippen LogP contribution in [0, 0.1) is 18.3 Å². The molecule has 0 N–H and O–H groups in total. The molecule has 0 aliphatic heterocycles. The average Bonchev–Trinajstić information content (AvgIpc) is 3.08. The van der Waals surface area contributed by atoms with Crippen LogP contribution in [-0.2, 0) is 0 Å². The quantitative estimate of drug-likeness (QED) is 0.785. The third kappa shape index (κ3) is 1.83. The molecule has 0 radical (unpaired) electrons. The summed E-state index contributed by atoms with van der Waals surface area (Å²) in [5.41, 5.74) is 3.79. The zero-order valence-electron chi connectivity index (χ0n) is 9.72. The third-order valence-electron chi connectivity index (χ3n) is 3.12. The second kappa shape index (κ2) is 3.74. The van der Waals surface area contributed by atoms with Crippen LogP contribution < -0.4 is 0 Å². The van der Waals surface area contributed by atoms with E-state index in [9.17, 15) is 0 Å². The Morgan fingerprint density at radius 3 is 2.88 bits per heavy atom. The Hall–Kier alpha value is -2.08. The van der Waals surface area contributed by atoms with Gasteiger partial charge in [0.2, 0.25) is 0 Å². The maximum absolute atomic E-state index is 9.14. The van der Waals surface area contributed by atoms with Crippen LogP contribution in [0.5, 0.6) is 0 Å². The summed E-state index contributed by atoms with van der Waals surface area (Å²) in [7, 11) is 0. The van der Waals surface area contributed by atoms with Gasteiger partial charge in [0.25, 0.3) is 0 Å². The van der Waals surface area contributed by atoms with Gasteiger partial charge in [-0.1, -0.05) is 6.07 Å². The monoisotopic (exact) mass is 223 g/mol. The Morgan fingerprint density at radius 1 is 1.35 bits per heavy atom. The zero-order chi connectivity index (χ0) is 11.8. The SMILES string of the molecule is Cc1ccc(-n2ccc(C3CC3)n2)c(C#N)c1. The van der Waals surface area contributed by atoms with Crippen molar-refractivity contribution in [2.24, 2.45) is 0 Å². The van der Waals surface area contributed by atoms with Crippen LogP contribution in [0.25, 0.3) is 5.69 Å². The van der Waals surface area contributed by atoms with E-state index in [-0.39, 0.29) is 0 Å². The molecular formula is C14H13N3. The molecule has 17 heavy (non-hydrogen) atoms. The second-order valence-electron chi connectivity index (χ2n) is 4.59. The number of rotatable bonds is 2. The van der Waals surface area contributed by atoms with Gasteiger partial charge in [-0.05, 0) is 43.5 Å². The predicted octanol–water partition coefficient (Wildman–Crippen LogP) is 2.93. The summed E-state index contributed by atoms with van der Waals surface area (Å²) in [5.74, 6) is 0.646. The van der Waals surface area contributed by atoms with Gasteiger partial charge in [-0.3, -0.25) is 0 Å². The lowest BCUT2D eigenvalue weighted by molar-refractivity contribution is 0.835. The largest absolute Gasteiger partial charge is 0.239 e. The van der Waals surface area contributed by atoms with Gasteiger partial charge >= 0.3 is 0 Å². The van der Waals surface area contributed by atoms with Gasteiger partial charge in [0.15, 0.2) is 0 Å². The number of aryl methyl sites for hydroxylation is 1. The molecule has 0 amide bonds. The lowest BCUT2D eigenvalue weighted by Gasteiger charge is -2.04. The minimum Gasteiger partial charge on any atom is -0.239 e. The van der Waals surface area contributed by atoms with E-state index in [0.29, 0.717) is 11.5 Å². The standard InChI is InChI=1S/C14H13N3/c1-10-2-5-14(12(8-10)9-15)17-7-6-13(16-17)11-3-4-11/h2,5-8,11H,3-4H2,1H3. The van der Waals surface area contributed by atoms with E-state index < -0.39 is 0 Å². The summed E-state index contributed by atoms with van der Waals surface area (Å²) in [6, 6.07) is 10.1. The molecule has 1 saturated carbocycles. The Bertz CT molecular complexity index is 600. The summed E-state index contributed by atoms with van der Waals surface area (Å²) >= 11 is 0. The van der Waals surface area contributed by atoms with Crippen LogP contribution in [0.15, 0.2) is 30.5 Å². The van der Waals surface area contributed by atoms with Gasteiger partial charge in [0, 0.05) is 12.1 Å². The molecule has 0 saturated heterocycles. The van der Waals surface area contributed by atoms with Crippen LogP contribution in [0.2, 0.25) is 0 Å². The molecule has 3 heteroatoms. The molecule has 0 spiro atoms. The van der Waals surface area contributed by atoms with Crippen molar-refractivity contribution in [1.82, 2.24) is 9.78 Å². The van der Waals surface area contributed by atoms with Crippen molar-refractivity contribution in [3.63, 3.8) is 0 Å². The Morgan fingerprint density at radius 2 is 2.18 bits per heavy atom. The van der Waals surface area contributed by atoms with Gasteiger partial charge < -0.3 is 0 Å². The average molecular weight is 223 g/mol. The fourth-order valence-electron chi connectivity index (χ4n) is 2.01. The number of benzene rings is 1. The van der Waals surface area contributed by atoms with Crippen molar-refractivity contribution in [3.8, 4) is 11.8 Å². The van der Waals surface area contributed by atoms with Crippen LogP contribution >= 0.6 is 0 Å². The first kappa shape index (κ1) is 10.1. The fourth-order valence-corrected chi connectivity index (χ4v) is 2.01. The first-order chi connectivity index (χ1) is 8.28. The second-order valence-corrected chi connectivity index (χ2v) is 4.59. The van der Waals surface area contributed by atoms with E-state index in [2.05, 4.69) is 17.2 Å². The van der Waals surface area contributed by atoms with Crippen molar-refractivity contribution in [2.75, 3.05) is 0 Å². The highest BCUT2D eigenvalue weighted by atomic mass is 15.3. The molecule has 1 aliphatic carbocycles. The topological polar surface area (TPSA) is 41.6 Å². The van der Waals surface area contributed by atoms with Gasteiger partial charge in [0.1, 0.15) is 6.07 Å². The number of nitrogens with zero attached hydrogens (tertiary/aromatic N) is 3. The van der Waals surface area contributed by atoms with Crippen molar-refractivity contribution < 1.29 is 0 Å². The molecule has 3 nitrogen and oxygen atoms in total. The smallest absolute Gasteiger partial charge is 0.101 e. The maximum atomic E-state index is 9.14. The van der Waals surface area contributed by atoms with E-state index in [0.717, 1.165) is 16.9 Å². The molecule has 3 rings (SSSR count). The van der Waals surface area contributed by atoms with E-state index in [4.69, 9.17) is 5.26 Å². The predicted molar refractivity (Wildman–Crippen MR) is 65.0 cm³/mol. The highest BCUT2D eigenvalue weighted by molar-refractivity contribution is 5.50. The van der Waals surface area contributed by atoms with Crippen LogP contribution in [0.4, 0.5) is 0 Å². The van der Waals surface area contributed by atoms with Gasteiger partial charge in [-0.15, -0.1) is 0 Å². The molecule has 2 aromatic rings. The molecule has 0 bridgehead atoms. The van der Waals surface area contributed by atoms with Crippen LogP contribution in [0.3, 0.4) is 0 Å². The summed E-state index contributed by atoms with van der Waals surface area (Å²) in [4.78, 5) is 0. The fraction of sp³-hybridized carbons (Fsp3) is 0.286. The Labute approximate surface area is 100 Å². The molecule has 1 heterocycles. The van der Waals surface area contributed by atoms with E-state index in [1.807, 2.05) is 36.0 Å². The highest BCUT2D eigenvalue weighted by Crippen LogP contribution is 2.39. The molecule has 1 fully saturated rings. The normalized spacial score (nSPS) is 14.6. The lowest BCUT2D eigenvalue weighted by Crippen LogP contribution is -1.99. The lowest BCUT2D eigenvalue weighted by atomic mass is 10.1. The Kier molecular flexibility index (Phi) is 2.22. The van der Waals surface area contributed by atoms with E-state index in [1.165, 1.54) is 12.8 Å². The molecule has 0 unspecified atom stereocenters. The van der Waals surface area contributed by atoms with E-state index >= 15 is 0 Å². The summed E-state index contributed by atoms with van der Waals surface area (Å²) in [6.07, 6.45) is 4.44. The minimum absolute atomic E-state index is 0.646. The number of aromatic nitrogens is 2. The molecule has 84 valence electrons. The van der Waals surface area contributed by atoms with Gasteiger partial charge in [-0.25, -0.2) is 4.68 Å². The van der Waals surface area contributed by atoms with Gasteiger partial charge in [0.05, 0.1) is 16.9 Å². The highest BCUT2D eigenvalue weighted by Gasteiger charge is 2.26. The molecule has 1 aromatic heterocycles. The maximum Gasteiger partial charge on any atom is 0.101 e. The first-order valence-electron chi connectivity index (χ1n) is 5.84. The Balaban J connectivity index is 2.04. The van der Waals surface area contributed by atoms with Crippen molar-refractivity contribution >= 4 is 0 Å².